The van der Waals surface area contributed by atoms with E-state index in [1.165, 1.54) is 0 Å². The van der Waals surface area contributed by atoms with Crippen LogP contribution >= 0.6 is 23.2 Å². The normalized spacial score (nSPS) is 15.8. The summed E-state index contributed by atoms with van der Waals surface area (Å²) in [5.41, 5.74) is 0.311. The average molecular weight is 451 g/mol. The van der Waals surface area contributed by atoms with Crippen molar-refractivity contribution in [3.63, 3.8) is 0 Å². The first-order chi connectivity index (χ1) is 14.3. The van der Waals surface area contributed by atoms with Crippen LogP contribution in [0.25, 0.3) is 0 Å². The van der Waals surface area contributed by atoms with Gasteiger partial charge in [-0.15, -0.1) is 0 Å². The lowest BCUT2D eigenvalue weighted by Crippen LogP contribution is -2.44. The van der Waals surface area contributed by atoms with Gasteiger partial charge in [0.05, 0.1) is 16.2 Å². The minimum Gasteiger partial charge on any atom is -0.388 e. The zero-order valence-corrected chi connectivity index (χ0v) is 18.9. The molecule has 0 spiro atoms. The maximum absolute atomic E-state index is 12.9. The van der Waals surface area contributed by atoms with Gasteiger partial charge in [0, 0.05) is 25.0 Å². The summed E-state index contributed by atoms with van der Waals surface area (Å²) in [4.78, 5) is 23.1. The molecule has 0 saturated heterocycles. The molecular formula is C22H28Cl2N4O2. The molecule has 0 atom stereocenters. The van der Waals surface area contributed by atoms with E-state index in [0.717, 1.165) is 24.9 Å². The quantitative estimate of drug-likeness (QED) is 0.579. The van der Waals surface area contributed by atoms with Crippen LogP contribution in [-0.2, 0) is 0 Å². The van der Waals surface area contributed by atoms with E-state index in [4.69, 9.17) is 23.2 Å². The Morgan fingerprint density at radius 1 is 1.23 bits per heavy atom. The van der Waals surface area contributed by atoms with Crippen molar-refractivity contribution in [2.75, 3.05) is 18.0 Å². The van der Waals surface area contributed by atoms with Gasteiger partial charge in [0.2, 0.25) is 5.28 Å². The molecule has 0 bridgehead atoms. The molecule has 0 unspecified atom stereocenters. The average Bonchev–Trinajstić information content (AvgIpc) is 2.71. The van der Waals surface area contributed by atoms with Gasteiger partial charge in [0.15, 0.2) is 0 Å². The summed E-state index contributed by atoms with van der Waals surface area (Å²) in [5, 5.41) is 14.1. The van der Waals surface area contributed by atoms with E-state index < -0.39 is 5.60 Å². The van der Waals surface area contributed by atoms with Crippen molar-refractivity contribution in [1.29, 1.82) is 0 Å². The van der Waals surface area contributed by atoms with Gasteiger partial charge in [-0.1, -0.05) is 44.7 Å². The lowest BCUT2D eigenvalue weighted by molar-refractivity contribution is 0.00526. The Labute approximate surface area is 187 Å². The minimum atomic E-state index is -0.834. The highest BCUT2D eigenvalue weighted by Crippen LogP contribution is 2.30. The van der Waals surface area contributed by atoms with Crippen molar-refractivity contribution in [3.05, 3.63) is 46.3 Å². The van der Waals surface area contributed by atoms with Gasteiger partial charge in [0.25, 0.3) is 5.91 Å². The molecule has 1 fully saturated rings. The number of halogens is 2. The van der Waals surface area contributed by atoms with Crippen LogP contribution in [0, 0.1) is 5.92 Å². The summed E-state index contributed by atoms with van der Waals surface area (Å²) in [6.07, 6.45) is 6.10. The zero-order chi connectivity index (χ0) is 21.7. The van der Waals surface area contributed by atoms with Crippen LogP contribution in [0.5, 0.6) is 0 Å². The Balaban J connectivity index is 1.83. The molecule has 1 aromatic carbocycles. The monoisotopic (exact) mass is 450 g/mol. The molecule has 1 saturated carbocycles. The largest absolute Gasteiger partial charge is 0.388 e. The topological polar surface area (TPSA) is 78.4 Å². The molecule has 1 aromatic heterocycles. The number of nitrogens with zero attached hydrogens (tertiary/aromatic N) is 3. The number of carbonyl (C=O) groups is 1. The third-order valence-electron chi connectivity index (χ3n) is 5.30. The number of aromatic nitrogens is 2. The highest BCUT2D eigenvalue weighted by Gasteiger charge is 2.30. The van der Waals surface area contributed by atoms with E-state index in [1.54, 1.807) is 24.4 Å². The first kappa shape index (κ1) is 22.8. The first-order valence-electron chi connectivity index (χ1n) is 10.3. The number of rotatable bonds is 7. The van der Waals surface area contributed by atoms with Crippen molar-refractivity contribution in [1.82, 2.24) is 15.3 Å². The number of anilines is 2. The smallest absolute Gasteiger partial charge is 0.252 e. The fraction of sp³-hybridized carbons (Fsp3) is 0.500. The van der Waals surface area contributed by atoms with Gasteiger partial charge < -0.3 is 15.3 Å². The van der Waals surface area contributed by atoms with Crippen molar-refractivity contribution < 1.29 is 9.90 Å². The van der Waals surface area contributed by atoms with Gasteiger partial charge in [-0.05, 0) is 54.6 Å². The SMILES string of the molecule is CC(C)CN(c1ccc(Cl)c(C(=O)NCC2(O)CCCCC2)c1)c1ccnc(Cl)n1. The first-order valence-corrected chi connectivity index (χ1v) is 11.1. The second kappa shape index (κ2) is 9.94. The van der Waals surface area contributed by atoms with E-state index in [0.29, 0.717) is 41.7 Å². The van der Waals surface area contributed by atoms with E-state index in [-0.39, 0.29) is 17.7 Å². The van der Waals surface area contributed by atoms with E-state index in [2.05, 4.69) is 29.1 Å². The van der Waals surface area contributed by atoms with Crippen LogP contribution in [0.2, 0.25) is 10.3 Å². The van der Waals surface area contributed by atoms with Crippen LogP contribution in [-0.4, -0.2) is 39.7 Å². The van der Waals surface area contributed by atoms with E-state index in [1.807, 2.05) is 11.0 Å². The molecule has 1 amide bonds. The third-order valence-corrected chi connectivity index (χ3v) is 5.82. The number of amides is 1. The van der Waals surface area contributed by atoms with Crippen LogP contribution in [0.4, 0.5) is 11.5 Å². The van der Waals surface area contributed by atoms with Crippen molar-refractivity contribution >= 4 is 40.6 Å². The predicted molar refractivity (Wildman–Crippen MR) is 121 cm³/mol. The highest BCUT2D eigenvalue weighted by molar-refractivity contribution is 6.34. The van der Waals surface area contributed by atoms with Crippen molar-refractivity contribution in [2.24, 2.45) is 5.92 Å². The molecule has 162 valence electrons. The maximum Gasteiger partial charge on any atom is 0.252 e. The molecule has 3 rings (SSSR count). The standard InChI is InChI=1S/C22H28Cl2N4O2/c1-15(2)13-28(19-8-11-25-21(24)27-19)16-6-7-18(23)17(12-16)20(29)26-14-22(30)9-4-3-5-10-22/h6-8,11-12,15,30H,3-5,9-10,13-14H2,1-2H3,(H,26,29). The Kier molecular flexibility index (Phi) is 7.55. The Bertz CT molecular complexity index is 885. The lowest BCUT2D eigenvalue weighted by atomic mass is 9.85. The van der Waals surface area contributed by atoms with Gasteiger partial charge in [-0.25, -0.2) is 9.97 Å². The molecule has 1 aliphatic carbocycles. The maximum atomic E-state index is 12.9. The molecule has 2 aromatic rings. The molecule has 1 heterocycles. The van der Waals surface area contributed by atoms with Gasteiger partial charge in [0.1, 0.15) is 5.82 Å². The summed E-state index contributed by atoms with van der Waals surface area (Å²) < 4.78 is 0. The molecular weight excluding hydrogens is 423 g/mol. The van der Waals surface area contributed by atoms with Gasteiger partial charge in [-0.2, -0.15) is 0 Å². The summed E-state index contributed by atoms with van der Waals surface area (Å²) in [7, 11) is 0. The fourth-order valence-corrected chi connectivity index (χ4v) is 4.10. The fourth-order valence-electron chi connectivity index (χ4n) is 3.75. The Morgan fingerprint density at radius 3 is 2.63 bits per heavy atom. The highest BCUT2D eigenvalue weighted by atomic mass is 35.5. The van der Waals surface area contributed by atoms with Crippen LogP contribution in [0.15, 0.2) is 30.5 Å². The van der Waals surface area contributed by atoms with Gasteiger partial charge in [-0.3, -0.25) is 4.79 Å². The second-order valence-corrected chi connectivity index (χ2v) is 9.07. The Morgan fingerprint density at radius 2 is 1.97 bits per heavy atom. The number of benzene rings is 1. The molecule has 0 aliphatic heterocycles. The summed E-state index contributed by atoms with van der Waals surface area (Å²) >= 11 is 12.3. The third kappa shape index (κ3) is 5.84. The molecule has 30 heavy (non-hydrogen) atoms. The predicted octanol–water partition coefficient (Wildman–Crippen LogP) is 5.00. The zero-order valence-electron chi connectivity index (χ0n) is 17.4. The number of hydrogen-bond donors (Lipinski definition) is 2. The molecule has 2 N–H and O–H groups in total. The number of aliphatic hydroxyl groups is 1. The number of hydrogen-bond acceptors (Lipinski definition) is 5. The van der Waals surface area contributed by atoms with E-state index >= 15 is 0 Å². The van der Waals surface area contributed by atoms with Crippen molar-refractivity contribution in [2.45, 2.75) is 51.6 Å². The number of carbonyl (C=O) groups excluding carboxylic acids is 1. The summed E-state index contributed by atoms with van der Waals surface area (Å²) in [6.45, 7) is 5.10. The lowest BCUT2D eigenvalue weighted by Gasteiger charge is -2.32. The molecule has 0 radical (unpaired) electrons. The molecule has 1 aliphatic rings. The van der Waals surface area contributed by atoms with Crippen molar-refractivity contribution in [3.8, 4) is 0 Å². The van der Waals surface area contributed by atoms with Gasteiger partial charge >= 0.3 is 0 Å². The molecule has 8 heteroatoms. The minimum absolute atomic E-state index is 0.161. The van der Waals surface area contributed by atoms with E-state index in [9.17, 15) is 9.90 Å². The van der Waals surface area contributed by atoms with Crippen LogP contribution in [0.3, 0.4) is 0 Å². The summed E-state index contributed by atoms with van der Waals surface area (Å²) in [5.74, 6) is 0.687. The second-order valence-electron chi connectivity index (χ2n) is 8.32. The number of nitrogens with one attached hydrogen (secondary N) is 1. The molecule has 6 nitrogen and oxygen atoms in total. The van der Waals surface area contributed by atoms with Crippen LogP contribution < -0.4 is 10.2 Å². The summed E-state index contributed by atoms with van der Waals surface area (Å²) in [6, 6.07) is 7.09. The van der Waals surface area contributed by atoms with Crippen LogP contribution in [0.1, 0.15) is 56.3 Å². The Hall–Kier alpha value is -1.89.